The molecule has 0 radical (unpaired) electrons. The Bertz CT molecular complexity index is 891. The van der Waals surface area contributed by atoms with Crippen LogP contribution in [0.15, 0.2) is 53.5 Å². The SMILES string of the molecule is COCc1cccc(CC2C=C3c4cccc(OC)c4N=C(N)N3N2)c1. The summed E-state index contributed by atoms with van der Waals surface area (Å²) < 4.78 is 10.7. The maximum Gasteiger partial charge on any atom is 0.216 e. The molecule has 0 bridgehead atoms. The molecule has 2 aromatic carbocycles. The minimum absolute atomic E-state index is 0.133. The van der Waals surface area contributed by atoms with Gasteiger partial charge in [0.15, 0.2) is 0 Å². The second-order valence-corrected chi connectivity index (χ2v) is 6.41. The number of nitrogens with zero attached hydrogens (tertiary/aromatic N) is 2. The van der Waals surface area contributed by atoms with Crippen LogP contribution in [0.2, 0.25) is 0 Å². The predicted molar refractivity (Wildman–Crippen MR) is 102 cm³/mol. The third-order valence-electron chi connectivity index (χ3n) is 4.60. The fraction of sp³-hybridized carbons (Fsp3) is 0.250. The summed E-state index contributed by atoms with van der Waals surface area (Å²) in [6, 6.07) is 14.5. The van der Waals surface area contributed by atoms with Gasteiger partial charge < -0.3 is 15.2 Å². The highest BCUT2D eigenvalue weighted by Gasteiger charge is 2.32. The summed E-state index contributed by atoms with van der Waals surface area (Å²) in [4.78, 5) is 4.51. The quantitative estimate of drug-likeness (QED) is 0.867. The van der Waals surface area contributed by atoms with Crippen molar-refractivity contribution in [1.29, 1.82) is 0 Å². The van der Waals surface area contributed by atoms with E-state index in [1.807, 2.05) is 23.2 Å². The highest BCUT2D eigenvalue weighted by molar-refractivity contribution is 5.98. The predicted octanol–water partition coefficient (Wildman–Crippen LogP) is 2.57. The Morgan fingerprint density at radius 3 is 2.77 bits per heavy atom. The first-order valence-corrected chi connectivity index (χ1v) is 8.56. The molecule has 1 unspecified atom stereocenters. The molecule has 1 atom stereocenters. The number of nitrogens with one attached hydrogen (secondary N) is 1. The summed E-state index contributed by atoms with van der Waals surface area (Å²) in [5, 5.41) is 1.85. The van der Waals surface area contributed by atoms with Crippen LogP contribution in [0, 0.1) is 0 Å². The third kappa shape index (κ3) is 2.94. The molecule has 0 fully saturated rings. The van der Waals surface area contributed by atoms with Gasteiger partial charge in [-0.05, 0) is 29.7 Å². The maximum atomic E-state index is 6.18. The van der Waals surface area contributed by atoms with Crippen LogP contribution in [0.5, 0.6) is 5.75 Å². The Hall–Kier alpha value is -2.83. The van der Waals surface area contributed by atoms with Crippen LogP contribution in [0.3, 0.4) is 0 Å². The molecule has 2 heterocycles. The van der Waals surface area contributed by atoms with Gasteiger partial charge in [0.2, 0.25) is 5.96 Å². The van der Waals surface area contributed by atoms with E-state index in [2.05, 4.69) is 40.8 Å². The lowest BCUT2D eigenvalue weighted by atomic mass is 10.0. The first-order valence-electron chi connectivity index (χ1n) is 8.56. The van der Waals surface area contributed by atoms with Gasteiger partial charge >= 0.3 is 0 Å². The number of hydrazine groups is 1. The van der Waals surface area contributed by atoms with Crippen LogP contribution < -0.4 is 15.9 Å². The Morgan fingerprint density at radius 2 is 1.96 bits per heavy atom. The maximum absolute atomic E-state index is 6.18. The Labute approximate surface area is 152 Å². The lowest BCUT2D eigenvalue weighted by molar-refractivity contribution is 0.185. The lowest BCUT2D eigenvalue weighted by Gasteiger charge is -2.27. The molecule has 0 amide bonds. The Morgan fingerprint density at radius 1 is 1.15 bits per heavy atom. The molecule has 4 rings (SSSR count). The van der Waals surface area contributed by atoms with E-state index in [0.29, 0.717) is 12.6 Å². The first kappa shape index (κ1) is 16.6. The molecule has 0 spiro atoms. The third-order valence-corrected chi connectivity index (χ3v) is 4.60. The summed E-state index contributed by atoms with van der Waals surface area (Å²) in [7, 11) is 3.35. The summed E-state index contributed by atoms with van der Waals surface area (Å²) >= 11 is 0. The number of nitrogens with two attached hydrogens (primary N) is 1. The van der Waals surface area contributed by atoms with Gasteiger partial charge in [0.25, 0.3) is 0 Å². The molecule has 134 valence electrons. The molecule has 2 aromatic rings. The van der Waals surface area contributed by atoms with E-state index in [-0.39, 0.29) is 6.04 Å². The topological polar surface area (TPSA) is 72.1 Å². The van der Waals surface area contributed by atoms with Gasteiger partial charge in [0, 0.05) is 12.7 Å². The average molecular weight is 350 g/mol. The van der Waals surface area contributed by atoms with Gasteiger partial charge in [-0.15, -0.1) is 0 Å². The molecule has 2 aliphatic rings. The number of aliphatic imine (C=N–C) groups is 1. The van der Waals surface area contributed by atoms with Crippen LogP contribution in [-0.2, 0) is 17.8 Å². The van der Waals surface area contributed by atoms with Gasteiger partial charge in [-0.2, -0.15) is 0 Å². The fourth-order valence-corrected chi connectivity index (χ4v) is 3.48. The second kappa shape index (κ2) is 6.82. The molecule has 6 nitrogen and oxygen atoms in total. The summed E-state index contributed by atoms with van der Waals surface area (Å²) in [6.45, 7) is 0.617. The number of methoxy groups -OCH3 is 2. The summed E-state index contributed by atoms with van der Waals surface area (Å²) in [6.07, 6.45) is 3.05. The van der Waals surface area contributed by atoms with Gasteiger partial charge in [0.1, 0.15) is 11.4 Å². The van der Waals surface area contributed by atoms with Gasteiger partial charge in [-0.3, -0.25) is 0 Å². The molecule has 26 heavy (non-hydrogen) atoms. The normalized spacial score (nSPS) is 18.1. The summed E-state index contributed by atoms with van der Waals surface area (Å²) in [5.41, 5.74) is 14.8. The zero-order chi connectivity index (χ0) is 18.1. The zero-order valence-corrected chi connectivity index (χ0v) is 14.9. The minimum atomic E-state index is 0.133. The zero-order valence-electron chi connectivity index (χ0n) is 14.9. The smallest absolute Gasteiger partial charge is 0.216 e. The van der Waals surface area contributed by atoms with E-state index in [9.17, 15) is 0 Å². The molecule has 0 saturated heterocycles. The molecule has 3 N–H and O–H groups in total. The van der Waals surface area contributed by atoms with Crippen molar-refractivity contribution in [3.63, 3.8) is 0 Å². The van der Waals surface area contributed by atoms with Crippen LogP contribution in [0.4, 0.5) is 5.69 Å². The van der Waals surface area contributed by atoms with Crippen molar-refractivity contribution in [1.82, 2.24) is 10.4 Å². The van der Waals surface area contributed by atoms with Crippen LogP contribution in [0.25, 0.3) is 5.70 Å². The van der Waals surface area contributed by atoms with Crippen molar-refractivity contribution < 1.29 is 9.47 Å². The van der Waals surface area contributed by atoms with E-state index < -0.39 is 0 Å². The molecule has 0 aromatic heterocycles. The Kier molecular flexibility index (Phi) is 4.36. The number of benzene rings is 2. The van der Waals surface area contributed by atoms with Crippen molar-refractivity contribution >= 4 is 17.3 Å². The Balaban J connectivity index is 1.62. The minimum Gasteiger partial charge on any atom is -0.494 e. The van der Waals surface area contributed by atoms with Crippen molar-refractivity contribution in [2.75, 3.05) is 14.2 Å². The number of para-hydroxylation sites is 1. The number of hydrogen-bond donors (Lipinski definition) is 2. The van der Waals surface area contributed by atoms with E-state index in [4.69, 9.17) is 15.2 Å². The van der Waals surface area contributed by atoms with E-state index in [1.54, 1.807) is 14.2 Å². The van der Waals surface area contributed by atoms with E-state index in [1.165, 1.54) is 11.1 Å². The average Bonchev–Trinajstić information content (AvgIpc) is 3.07. The summed E-state index contributed by atoms with van der Waals surface area (Å²) in [5.74, 6) is 1.14. The number of fused-ring (bicyclic) bond motifs is 3. The van der Waals surface area contributed by atoms with E-state index >= 15 is 0 Å². The van der Waals surface area contributed by atoms with Crippen LogP contribution in [0.1, 0.15) is 16.7 Å². The highest BCUT2D eigenvalue weighted by atomic mass is 16.5. The molecule has 2 aliphatic heterocycles. The number of hydrogen-bond acceptors (Lipinski definition) is 6. The van der Waals surface area contributed by atoms with Gasteiger partial charge in [-0.25, -0.2) is 15.4 Å². The number of ether oxygens (including phenoxy) is 2. The monoisotopic (exact) mass is 350 g/mol. The second-order valence-electron chi connectivity index (χ2n) is 6.41. The number of guanidine groups is 1. The van der Waals surface area contributed by atoms with Crippen molar-refractivity contribution in [3.05, 3.63) is 65.2 Å². The van der Waals surface area contributed by atoms with Crippen LogP contribution in [-0.4, -0.2) is 31.2 Å². The first-order chi connectivity index (χ1) is 12.7. The van der Waals surface area contributed by atoms with Crippen molar-refractivity contribution in [3.8, 4) is 5.75 Å². The standard InChI is InChI=1S/C20H22N4O2/c1-25-12-14-6-3-5-13(9-14)10-15-11-17-16-7-4-8-18(26-2)19(16)22-20(21)24(17)23-15/h3-9,11,15,23H,10,12H2,1-2H3,(H2,21,22). The molecular weight excluding hydrogens is 328 g/mol. The molecule has 6 heteroatoms. The van der Waals surface area contributed by atoms with Crippen molar-refractivity contribution in [2.45, 2.75) is 19.1 Å². The highest BCUT2D eigenvalue weighted by Crippen LogP contribution is 2.41. The van der Waals surface area contributed by atoms with Crippen LogP contribution >= 0.6 is 0 Å². The lowest BCUT2D eigenvalue weighted by Crippen LogP contribution is -2.46. The largest absolute Gasteiger partial charge is 0.494 e. The van der Waals surface area contributed by atoms with E-state index in [0.717, 1.165) is 29.1 Å². The fourth-order valence-electron chi connectivity index (χ4n) is 3.48. The molecule has 0 saturated carbocycles. The van der Waals surface area contributed by atoms with Gasteiger partial charge in [-0.1, -0.05) is 36.4 Å². The molecular formula is C20H22N4O2. The van der Waals surface area contributed by atoms with Crippen molar-refractivity contribution in [2.24, 2.45) is 10.7 Å². The van der Waals surface area contributed by atoms with Gasteiger partial charge in [0.05, 0.1) is 25.5 Å². The number of rotatable bonds is 5. The molecule has 0 aliphatic carbocycles.